The molecule has 1 aliphatic carbocycles. The molecule has 4 N–H and O–H groups in total. The maximum absolute atomic E-state index is 11.8. The van der Waals surface area contributed by atoms with Crippen LogP contribution in [0.15, 0.2) is 30.3 Å². The van der Waals surface area contributed by atoms with E-state index < -0.39 is 0 Å². The number of carbonyl (C=O) groups excluding carboxylic acids is 2. The van der Waals surface area contributed by atoms with Crippen molar-refractivity contribution in [3.8, 4) is 5.75 Å². The molecule has 6 heteroatoms. The minimum Gasteiger partial charge on any atom is -0.484 e. The van der Waals surface area contributed by atoms with E-state index in [4.69, 9.17) is 10.5 Å². The Labute approximate surface area is 130 Å². The summed E-state index contributed by atoms with van der Waals surface area (Å²) in [5.74, 6) is 0.138. The van der Waals surface area contributed by atoms with E-state index in [0.29, 0.717) is 5.75 Å². The van der Waals surface area contributed by atoms with Crippen LogP contribution in [0.1, 0.15) is 25.7 Å². The quantitative estimate of drug-likeness (QED) is 0.716. The number of rotatable bonds is 6. The Hall–Kier alpha value is -2.08. The van der Waals surface area contributed by atoms with Crippen LogP contribution in [0.2, 0.25) is 0 Å². The molecule has 1 saturated carbocycles. The van der Waals surface area contributed by atoms with Gasteiger partial charge in [0.2, 0.25) is 5.91 Å². The Bertz CT molecular complexity index is 485. The summed E-state index contributed by atoms with van der Waals surface area (Å²) in [6, 6.07) is 9.50. The first-order valence-electron chi connectivity index (χ1n) is 7.63. The number of nitrogens with one attached hydrogen (secondary N) is 2. The number of hydrogen-bond donors (Lipinski definition) is 3. The van der Waals surface area contributed by atoms with Crippen LogP contribution in [0.3, 0.4) is 0 Å². The second-order valence-corrected chi connectivity index (χ2v) is 5.56. The van der Waals surface area contributed by atoms with E-state index in [1.807, 2.05) is 18.2 Å². The van der Waals surface area contributed by atoms with E-state index in [0.717, 1.165) is 25.7 Å². The molecule has 1 fully saturated rings. The molecular formula is C16H23N3O3. The molecule has 1 aliphatic rings. The molecule has 2 amide bonds. The number of para-hydroxylation sites is 1. The Morgan fingerprint density at radius 3 is 2.45 bits per heavy atom. The average Bonchev–Trinajstić information content (AvgIpc) is 2.54. The van der Waals surface area contributed by atoms with Crippen LogP contribution in [0.25, 0.3) is 0 Å². The number of ether oxygens (including phenoxy) is 1. The van der Waals surface area contributed by atoms with Crippen molar-refractivity contribution < 1.29 is 14.3 Å². The smallest absolute Gasteiger partial charge is 0.258 e. The largest absolute Gasteiger partial charge is 0.484 e. The van der Waals surface area contributed by atoms with E-state index in [2.05, 4.69) is 10.6 Å². The zero-order valence-corrected chi connectivity index (χ0v) is 12.6. The van der Waals surface area contributed by atoms with Gasteiger partial charge in [0.25, 0.3) is 5.91 Å². The van der Waals surface area contributed by atoms with E-state index in [1.165, 1.54) is 0 Å². The van der Waals surface area contributed by atoms with Crippen LogP contribution < -0.4 is 21.1 Å². The summed E-state index contributed by atoms with van der Waals surface area (Å²) in [5.41, 5.74) is 5.82. The topological polar surface area (TPSA) is 93.5 Å². The second-order valence-electron chi connectivity index (χ2n) is 5.56. The third kappa shape index (κ3) is 5.73. The average molecular weight is 305 g/mol. The van der Waals surface area contributed by atoms with E-state index in [9.17, 15) is 9.59 Å². The Morgan fingerprint density at radius 1 is 1.09 bits per heavy atom. The molecule has 0 unspecified atom stereocenters. The van der Waals surface area contributed by atoms with Gasteiger partial charge in [-0.3, -0.25) is 9.59 Å². The molecule has 0 saturated heterocycles. The highest BCUT2D eigenvalue weighted by Crippen LogP contribution is 2.16. The lowest BCUT2D eigenvalue weighted by molar-refractivity contribution is -0.127. The minimum atomic E-state index is -0.315. The maximum atomic E-state index is 11.8. The zero-order chi connectivity index (χ0) is 15.8. The van der Waals surface area contributed by atoms with Gasteiger partial charge in [0.1, 0.15) is 5.75 Å². The van der Waals surface area contributed by atoms with Crippen molar-refractivity contribution in [2.24, 2.45) is 5.73 Å². The van der Waals surface area contributed by atoms with Crippen molar-refractivity contribution in [1.29, 1.82) is 0 Å². The summed E-state index contributed by atoms with van der Waals surface area (Å²) < 4.78 is 5.30. The van der Waals surface area contributed by atoms with Gasteiger partial charge < -0.3 is 21.1 Å². The lowest BCUT2D eigenvalue weighted by Crippen LogP contribution is -2.45. The summed E-state index contributed by atoms with van der Waals surface area (Å²) in [5, 5.41) is 5.47. The Kier molecular flexibility index (Phi) is 6.21. The van der Waals surface area contributed by atoms with Crippen molar-refractivity contribution in [3.63, 3.8) is 0 Å². The molecule has 0 bridgehead atoms. The number of hydrogen-bond acceptors (Lipinski definition) is 4. The highest BCUT2D eigenvalue weighted by Gasteiger charge is 2.20. The minimum absolute atomic E-state index is 0.0282. The van der Waals surface area contributed by atoms with Gasteiger partial charge in [-0.25, -0.2) is 0 Å². The number of carbonyl (C=O) groups is 2. The summed E-state index contributed by atoms with van der Waals surface area (Å²) in [7, 11) is 0. The third-order valence-corrected chi connectivity index (χ3v) is 3.70. The van der Waals surface area contributed by atoms with Crippen molar-refractivity contribution in [2.45, 2.75) is 37.8 Å². The summed E-state index contributed by atoms with van der Waals surface area (Å²) in [6.45, 7) is -0.130. The molecule has 6 nitrogen and oxygen atoms in total. The third-order valence-electron chi connectivity index (χ3n) is 3.70. The monoisotopic (exact) mass is 305 g/mol. The summed E-state index contributed by atoms with van der Waals surface area (Å²) in [6.07, 6.45) is 3.67. The zero-order valence-electron chi connectivity index (χ0n) is 12.6. The standard InChI is InChI=1S/C16H23N3O3/c17-12-6-8-13(9-7-12)19-15(20)10-18-16(21)11-22-14-4-2-1-3-5-14/h1-5,12-13H,6-11,17H2,(H,18,21)(H,19,20). The predicted octanol–water partition coefficient (Wildman–Crippen LogP) is 0.568. The van der Waals surface area contributed by atoms with Gasteiger partial charge in [-0.05, 0) is 37.8 Å². The highest BCUT2D eigenvalue weighted by molar-refractivity contribution is 5.85. The van der Waals surface area contributed by atoms with Crippen LogP contribution >= 0.6 is 0 Å². The van der Waals surface area contributed by atoms with Crippen molar-refractivity contribution in [3.05, 3.63) is 30.3 Å². The van der Waals surface area contributed by atoms with Crippen molar-refractivity contribution >= 4 is 11.8 Å². The molecule has 1 aromatic carbocycles. The lowest BCUT2D eigenvalue weighted by atomic mass is 9.92. The fourth-order valence-corrected chi connectivity index (χ4v) is 2.44. The summed E-state index contributed by atoms with van der Waals surface area (Å²) in [4.78, 5) is 23.4. The fourth-order valence-electron chi connectivity index (χ4n) is 2.44. The van der Waals surface area contributed by atoms with Gasteiger partial charge in [0.05, 0.1) is 6.54 Å². The highest BCUT2D eigenvalue weighted by atomic mass is 16.5. The molecule has 0 spiro atoms. The van der Waals surface area contributed by atoms with E-state index in [1.54, 1.807) is 12.1 Å². The van der Waals surface area contributed by atoms with Gasteiger partial charge in [0, 0.05) is 12.1 Å². The van der Waals surface area contributed by atoms with Crippen LogP contribution in [-0.2, 0) is 9.59 Å². The van der Waals surface area contributed by atoms with Crippen LogP contribution in [0.5, 0.6) is 5.75 Å². The molecule has 0 heterocycles. The molecule has 0 aliphatic heterocycles. The molecule has 120 valence electrons. The molecule has 2 rings (SSSR count). The fraction of sp³-hybridized carbons (Fsp3) is 0.500. The van der Waals surface area contributed by atoms with Gasteiger partial charge in [-0.1, -0.05) is 18.2 Å². The number of nitrogens with two attached hydrogens (primary N) is 1. The molecular weight excluding hydrogens is 282 g/mol. The molecule has 1 aromatic rings. The maximum Gasteiger partial charge on any atom is 0.258 e. The molecule has 0 aromatic heterocycles. The Balaban J connectivity index is 1.60. The van der Waals surface area contributed by atoms with Crippen LogP contribution in [0, 0.1) is 0 Å². The first-order valence-corrected chi connectivity index (χ1v) is 7.63. The van der Waals surface area contributed by atoms with Gasteiger partial charge >= 0.3 is 0 Å². The number of amides is 2. The second kappa shape index (κ2) is 8.38. The van der Waals surface area contributed by atoms with Crippen LogP contribution in [0.4, 0.5) is 0 Å². The molecule has 22 heavy (non-hydrogen) atoms. The van der Waals surface area contributed by atoms with Gasteiger partial charge in [0.15, 0.2) is 6.61 Å². The van der Waals surface area contributed by atoms with Crippen molar-refractivity contribution in [2.75, 3.05) is 13.2 Å². The van der Waals surface area contributed by atoms with Gasteiger partial charge in [-0.15, -0.1) is 0 Å². The van der Waals surface area contributed by atoms with E-state index in [-0.39, 0.29) is 37.0 Å². The Morgan fingerprint density at radius 2 is 1.77 bits per heavy atom. The number of benzene rings is 1. The SMILES string of the molecule is NC1CCC(NC(=O)CNC(=O)COc2ccccc2)CC1. The molecule has 0 radical (unpaired) electrons. The normalized spacial score (nSPS) is 21.0. The van der Waals surface area contributed by atoms with Crippen LogP contribution in [-0.4, -0.2) is 37.0 Å². The first kappa shape index (κ1) is 16.3. The van der Waals surface area contributed by atoms with E-state index >= 15 is 0 Å². The van der Waals surface area contributed by atoms with Gasteiger partial charge in [-0.2, -0.15) is 0 Å². The molecule has 0 atom stereocenters. The predicted molar refractivity (Wildman–Crippen MR) is 83.3 cm³/mol. The van der Waals surface area contributed by atoms with Crippen molar-refractivity contribution in [1.82, 2.24) is 10.6 Å². The lowest BCUT2D eigenvalue weighted by Gasteiger charge is -2.26. The summed E-state index contributed by atoms with van der Waals surface area (Å²) >= 11 is 0. The first-order chi connectivity index (χ1) is 10.6.